The smallest absolute Gasteiger partial charge is 0.00865 e. The van der Waals surface area contributed by atoms with Crippen LogP contribution in [0.25, 0.3) is 0 Å². The molecule has 1 unspecified atom stereocenters. The van der Waals surface area contributed by atoms with Gasteiger partial charge in [-0.2, -0.15) is 0 Å². The maximum Gasteiger partial charge on any atom is 0.00865 e. The molecule has 0 saturated carbocycles. The molecule has 0 saturated heterocycles. The molecule has 13 heavy (non-hydrogen) atoms. The Hall–Kier alpha value is -0.480. The number of nitrogens with one attached hydrogen (secondary N) is 1. The molecule has 1 heteroatoms. The zero-order valence-corrected chi connectivity index (χ0v) is 9.27. The Morgan fingerprint density at radius 1 is 1.23 bits per heavy atom. The third-order valence-electron chi connectivity index (χ3n) is 2.07. The van der Waals surface area contributed by atoms with Gasteiger partial charge in [-0.05, 0) is 38.6 Å². The van der Waals surface area contributed by atoms with Crippen molar-refractivity contribution in [3.63, 3.8) is 0 Å². The van der Waals surface area contributed by atoms with Gasteiger partial charge < -0.3 is 5.32 Å². The molecule has 0 aliphatic heterocycles. The molecule has 0 fully saturated rings. The quantitative estimate of drug-likeness (QED) is 0.470. The van der Waals surface area contributed by atoms with Gasteiger partial charge in [0, 0.05) is 12.5 Å². The minimum atomic E-state index is 0.644. The van der Waals surface area contributed by atoms with E-state index in [0.717, 1.165) is 25.3 Å². The summed E-state index contributed by atoms with van der Waals surface area (Å²) in [5.41, 5.74) is 0. The molecule has 0 aliphatic rings. The highest BCUT2D eigenvalue weighted by molar-refractivity contribution is 4.82. The first-order valence-corrected chi connectivity index (χ1v) is 5.33. The number of unbranched alkanes of at least 4 members (excludes halogenated alkanes) is 2. The summed E-state index contributed by atoms with van der Waals surface area (Å²) in [4.78, 5) is 0. The molecular formula is C12H23N. The lowest BCUT2D eigenvalue weighted by Crippen LogP contribution is -2.28. The lowest BCUT2D eigenvalue weighted by molar-refractivity contribution is 0.437. The highest BCUT2D eigenvalue weighted by atomic mass is 14.9. The van der Waals surface area contributed by atoms with Crippen LogP contribution in [0.5, 0.6) is 0 Å². The average molecular weight is 181 g/mol. The number of hydrogen-bond donors (Lipinski definition) is 1. The molecule has 0 radical (unpaired) electrons. The van der Waals surface area contributed by atoms with Gasteiger partial charge in [-0.25, -0.2) is 0 Å². The Morgan fingerprint density at radius 3 is 2.46 bits per heavy atom. The van der Waals surface area contributed by atoms with Gasteiger partial charge in [-0.15, -0.1) is 12.3 Å². The van der Waals surface area contributed by atoms with Crippen LogP contribution < -0.4 is 5.32 Å². The van der Waals surface area contributed by atoms with Crippen LogP contribution in [0, 0.1) is 18.3 Å². The standard InChI is InChI=1S/C12H23N/c1-5-6-7-8-9-13-12(4)10-11(2)3/h1,11-13H,6-10H2,2-4H3. The van der Waals surface area contributed by atoms with Crippen molar-refractivity contribution in [3.8, 4) is 12.3 Å². The maximum atomic E-state index is 5.17. The van der Waals surface area contributed by atoms with E-state index in [1.807, 2.05) is 0 Å². The van der Waals surface area contributed by atoms with Crippen molar-refractivity contribution in [1.82, 2.24) is 5.32 Å². The van der Waals surface area contributed by atoms with Crippen LogP contribution in [0.4, 0.5) is 0 Å². The summed E-state index contributed by atoms with van der Waals surface area (Å²) in [7, 11) is 0. The SMILES string of the molecule is C#CCCCCNC(C)CC(C)C. The van der Waals surface area contributed by atoms with E-state index < -0.39 is 0 Å². The average Bonchev–Trinajstić information content (AvgIpc) is 2.02. The Balaban J connectivity index is 3.18. The van der Waals surface area contributed by atoms with Crippen LogP contribution in [0.1, 0.15) is 46.5 Å². The molecule has 0 aromatic rings. The second-order valence-electron chi connectivity index (χ2n) is 4.15. The Labute approximate surface area is 83.3 Å². The van der Waals surface area contributed by atoms with Crippen molar-refractivity contribution in [1.29, 1.82) is 0 Å². The van der Waals surface area contributed by atoms with Crippen molar-refractivity contribution in [2.45, 2.75) is 52.5 Å². The van der Waals surface area contributed by atoms with Crippen molar-refractivity contribution in [2.24, 2.45) is 5.92 Å². The summed E-state index contributed by atoms with van der Waals surface area (Å²) in [5.74, 6) is 3.45. The lowest BCUT2D eigenvalue weighted by Gasteiger charge is -2.15. The normalized spacial score (nSPS) is 12.8. The third-order valence-corrected chi connectivity index (χ3v) is 2.07. The van der Waals surface area contributed by atoms with Crippen molar-refractivity contribution < 1.29 is 0 Å². The molecule has 1 N–H and O–H groups in total. The maximum absolute atomic E-state index is 5.17. The van der Waals surface area contributed by atoms with Gasteiger partial charge in [0.05, 0.1) is 0 Å². The van der Waals surface area contributed by atoms with Crippen LogP contribution in [0.15, 0.2) is 0 Å². The second kappa shape index (κ2) is 8.13. The number of rotatable bonds is 7. The van der Waals surface area contributed by atoms with E-state index in [9.17, 15) is 0 Å². The fraction of sp³-hybridized carbons (Fsp3) is 0.833. The summed E-state index contributed by atoms with van der Waals surface area (Å²) in [6, 6.07) is 0.644. The summed E-state index contributed by atoms with van der Waals surface area (Å²) >= 11 is 0. The Bertz CT molecular complexity index is 144. The van der Waals surface area contributed by atoms with E-state index in [0.29, 0.717) is 6.04 Å². The van der Waals surface area contributed by atoms with Crippen LogP contribution in [0.3, 0.4) is 0 Å². The first-order valence-electron chi connectivity index (χ1n) is 5.33. The van der Waals surface area contributed by atoms with Crippen LogP contribution in [0.2, 0.25) is 0 Å². The first-order chi connectivity index (χ1) is 6.16. The van der Waals surface area contributed by atoms with E-state index >= 15 is 0 Å². The molecule has 0 aliphatic carbocycles. The third kappa shape index (κ3) is 9.43. The topological polar surface area (TPSA) is 12.0 Å². The number of terminal acetylenes is 1. The molecular weight excluding hydrogens is 158 g/mol. The van der Waals surface area contributed by atoms with Gasteiger partial charge in [-0.3, -0.25) is 0 Å². The summed E-state index contributed by atoms with van der Waals surface area (Å²) in [6.45, 7) is 7.88. The van der Waals surface area contributed by atoms with Gasteiger partial charge in [0.1, 0.15) is 0 Å². The monoisotopic (exact) mass is 181 g/mol. The second-order valence-corrected chi connectivity index (χ2v) is 4.15. The molecule has 1 nitrogen and oxygen atoms in total. The van der Waals surface area contributed by atoms with Gasteiger partial charge in [0.2, 0.25) is 0 Å². The first kappa shape index (κ1) is 12.5. The van der Waals surface area contributed by atoms with Crippen LogP contribution in [-0.2, 0) is 0 Å². The predicted octanol–water partition coefficient (Wildman–Crippen LogP) is 2.81. The van der Waals surface area contributed by atoms with Crippen molar-refractivity contribution in [2.75, 3.05) is 6.54 Å². The molecule has 0 aromatic heterocycles. The van der Waals surface area contributed by atoms with Gasteiger partial charge >= 0.3 is 0 Å². The molecule has 0 amide bonds. The molecule has 0 rings (SSSR count). The van der Waals surface area contributed by atoms with Crippen LogP contribution in [-0.4, -0.2) is 12.6 Å². The molecule has 0 spiro atoms. The summed E-state index contributed by atoms with van der Waals surface area (Å²) < 4.78 is 0. The van der Waals surface area contributed by atoms with Gasteiger partial charge in [0.25, 0.3) is 0 Å². The number of hydrogen-bond acceptors (Lipinski definition) is 1. The van der Waals surface area contributed by atoms with E-state index in [4.69, 9.17) is 6.42 Å². The summed E-state index contributed by atoms with van der Waals surface area (Å²) in [5, 5.41) is 3.50. The Kier molecular flexibility index (Phi) is 7.83. The van der Waals surface area contributed by atoms with E-state index in [-0.39, 0.29) is 0 Å². The predicted molar refractivity (Wildman–Crippen MR) is 59.6 cm³/mol. The van der Waals surface area contributed by atoms with Crippen LogP contribution >= 0.6 is 0 Å². The zero-order chi connectivity index (χ0) is 10.1. The van der Waals surface area contributed by atoms with Gasteiger partial charge in [0.15, 0.2) is 0 Å². The zero-order valence-electron chi connectivity index (χ0n) is 9.27. The molecule has 0 bridgehead atoms. The fourth-order valence-electron chi connectivity index (χ4n) is 1.49. The van der Waals surface area contributed by atoms with Gasteiger partial charge in [-0.1, -0.05) is 13.8 Å². The van der Waals surface area contributed by atoms with E-state index in [1.54, 1.807) is 0 Å². The minimum absolute atomic E-state index is 0.644. The highest BCUT2D eigenvalue weighted by Gasteiger charge is 2.02. The molecule has 0 heterocycles. The van der Waals surface area contributed by atoms with Crippen molar-refractivity contribution >= 4 is 0 Å². The minimum Gasteiger partial charge on any atom is -0.314 e. The van der Waals surface area contributed by atoms with E-state index in [2.05, 4.69) is 32.0 Å². The highest BCUT2D eigenvalue weighted by Crippen LogP contribution is 2.03. The lowest BCUT2D eigenvalue weighted by atomic mass is 10.1. The van der Waals surface area contributed by atoms with Crippen molar-refractivity contribution in [3.05, 3.63) is 0 Å². The Morgan fingerprint density at radius 2 is 1.92 bits per heavy atom. The summed E-state index contributed by atoms with van der Waals surface area (Å²) in [6.07, 6.45) is 9.69. The molecule has 0 aromatic carbocycles. The molecule has 76 valence electrons. The van der Waals surface area contributed by atoms with E-state index in [1.165, 1.54) is 12.8 Å². The fourth-order valence-corrected chi connectivity index (χ4v) is 1.49. The largest absolute Gasteiger partial charge is 0.314 e. The molecule has 1 atom stereocenters.